The van der Waals surface area contributed by atoms with Gasteiger partial charge < -0.3 is 5.32 Å². The van der Waals surface area contributed by atoms with Crippen molar-refractivity contribution in [1.29, 1.82) is 0 Å². The molecule has 0 radical (unpaired) electrons. The molecule has 118 valence electrons. The minimum Gasteiger partial charge on any atom is -0.314 e. The highest BCUT2D eigenvalue weighted by molar-refractivity contribution is 5.85. The van der Waals surface area contributed by atoms with Crippen LogP contribution in [0.4, 0.5) is 13.2 Å². The number of nitrogens with one attached hydrogen (secondary N) is 1. The van der Waals surface area contributed by atoms with Gasteiger partial charge >= 0.3 is 0 Å². The van der Waals surface area contributed by atoms with Crippen LogP contribution in [0.2, 0.25) is 0 Å². The molecule has 0 spiro atoms. The topological polar surface area (TPSA) is 15.3 Å². The second-order valence-corrected chi connectivity index (χ2v) is 5.74. The van der Waals surface area contributed by atoms with E-state index in [0.29, 0.717) is 5.92 Å². The number of benzene rings is 1. The van der Waals surface area contributed by atoms with Crippen molar-refractivity contribution >= 4 is 12.4 Å². The monoisotopic (exact) mass is 320 g/mol. The molecule has 0 amide bonds. The summed E-state index contributed by atoms with van der Waals surface area (Å²) in [5, 5.41) is 3.23. The van der Waals surface area contributed by atoms with Crippen LogP contribution in [0.1, 0.15) is 30.9 Å². The first-order valence-corrected chi connectivity index (χ1v) is 7.25. The summed E-state index contributed by atoms with van der Waals surface area (Å²) in [4.78, 5) is 2.08. The molecule has 3 rings (SSSR count). The van der Waals surface area contributed by atoms with Gasteiger partial charge in [-0.3, -0.25) is 4.90 Å². The van der Waals surface area contributed by atoms with Gasteiger partial charge in [0.1, 0.15) is 5.82 Å². The van der Waals surface area contributed by atoms with Crippen LogP contribution in [-0.2, 0) is 0 Å². The third-order valence-corrected chi connectivity index (χ3v) is 4.26. The Kier molecular flexibility index (Phi) is 5.52. The van der Waals surface area contributed by atoms with Gasteiger partial charge in [0.05, 0.1) is 0 Å². The molecule has 6 heteroatoms. The van der Waals surface area contributed by atoms with E-state index in [-0.39, 0.29) is 24.0 Å². The first-order chi connectivity index (χ1) is 9.66. The predicted molar refractivity (Wildman–Crippen MR) is 78.1 cm³/mol. The van der Waals surface area contributed by atoms with E-state index in [1.165, 1.54) is 0 Å². The minimum absolute atomic E-state index is 0. The van der Waals surface area contributed by atoms with E-state index in [4.69, 9.17) is 0 Å². The molecule has 1 atom stereocenters. The summed E-state index contributed by atoms with van der Waals surface area (Å²) < 4.78 is 41.6. The second-order valence-electron chi connectivity index (χ2n) is 5.74. The smallest absolute Gasteiger partial charge is 0.166 e. The lowest BCUT2D eigenvalue weighted by atomic mass is 9.97. The van der Waals surface area contributed by atoms with E-state index in [0.717, 1.165) is 57.6 Å². The molecule has 1 N–H and O–H groups in total. The van der Waals surface area contributed by atoms with Gasteiger partial charge in [-0.05, 0) is 24.5 Å². The summed E-state index contributed by atoms with van der Waals surface area (Å²) in [6.45, 7) is 3.10. The van der Waals surface area contributed by atoms with Crippen molar-refractivity contribution < 1.29 is 13.2 Å². The molecule has 0 aromatic heterocycles. The van der Waals surface area contributed by atoms with Crippen molar-refractivity contribution in [3.63, 3.8) is 0 Å². The highest BCUT2D eigenvalue weighted by atomic mass is 35.5. The van der Waals surface area contributed by atoms with Crippen molar-refractivity contribution in [3.8, 4) is 0 Å². The van der Waals surface area contributed by atoms with Gasteiger partial charge in [0, 0.05) is 37.8 Å². The number of nitrogens with zero attached hydrogens (tertiary/aromatic N) is 1. The van der Waals surface area contributed by atoms with Crippen molar-refractivity contribution in [2.24, 2.45) is 5.92 Å². The third kappa shape index (κ3) is 3.71. The Labute approximate surface area is 129 Å². The van der Waals surface area contributed by atoms with Gasteiger partial charge in [0.2, 0.25) is 0 Å². The van der Waals surface area contributed by atoms with Gasteiger partial charge in [0.15, 0.2) is 11.6 Å². The molecule has 2 aliphatic rings. The minimum atomic E-state index is -1.02. The van der Waals surface area contributed by atoms with Crippen LogP contribution in [0.5, 0.6) is 0 Å². The molecule has 1 aliphatic carbocycles. The van der Waals surface area contributed by atoms with E-state index >= 15 is 0 Å². The summed E-state index contributed by atoms with van der Waals surface area (Å²) in [6, 6.07) is 1.55. The summed E-state index contributed by atoms with van der Waals surface area (Å²) in [7, 11) is 0. The average Bonchev–Trinajstić information content (AvgIpc) is 3.27. The Morgan fingerprint density at radius 1 is 1.10 bits per heavy atom. The lowest BCUT2D eigenvalue weighted by molar-refractivity contribution is 0.153. The first-order valence-electron chi connectivity index (χ1n) is 7.25. The molecule has 1 saturated carbocycles. The van der Waals surface area contributed by atoms with Crippen LogP contribution in [0.15, 0.2) is 12.1 Å². The lowest BCUT2D eigenvalue weighted by Gasteiger charge is -2.35. The summed E-state index contributed by atoms with van der Waals surface area (Å²) in [5.41, 5.74) is -0.0844. The molecule has 21 heavy (non-hydrogen) atoms. The van der Waals surface area contributed by atoms with E-state index < -0.39 is 17.5 Å². The van der Waals surface area contributed by atoms with Gasteiger partial charge in [-0.2, -0.15) is 0 Å². The fraction of sp³-hybridized carbons (Fsp3) is 0.600. The molecule has 2 fully saturated rings. The third-order valence-electron chi connectivity index (χ3n) is 4.26. The SMILES string of the molecule is Cl.Fc1ccc(F)c([C@H](CC2CC2)N2CCNCC2)c1F. The molecule has 1 aromatic rings. The van der Waals surface area contributed by atoms with Crippen molar-refractivity contribution in [2.45, 2.75) is 25.3 Å². The number of hydrogen-bond donors (Lipinski definition) is 1. The normalized spacial score (nSPS) is 20.9. The highest BCUT2D eigenvalue weighted by Gasteiger charge is 2.34. The van der Waals surface area contributed by atoms with E-state index in [2.05, 4.69) is 10.2 Å². The Morgan fingerprint density at radius 2 is 1.71 bits per heavy atom. The summed E-state index contributed by atoms with van der Waals surface area (Å²) in [6.07, 6.45) is 2.94. The van der Waals surface area contributed by atoms with Crippen LogP contribution in [0, 0.1) is 23.4 Å². The molecule has 2 nitrogen and oxygen atoms in total. The molecule has 0 unspecified atom stereocenters. The number of piperazine rings is 1. The van der Waals surface area contributed by atoms with Crippen LogP contribution in [0.3, 0.4) is 0 Å². The Balaban J connectivity index is 0.00000161. The second kappa shape index (κ2) is 6.99. The molecule has 1 aliphatic heterocycles. The quantitative estimate of drug-likeness (QED) is 0.857. The summed E-state index contributed by atoms with van der Waals surface area (Å²) in [5.74, 6) is -2.09. The fourth-order valence-corrected chi connectivity index (χ4v) is 2.96. The molecule has 1 heterocycles. The number of rotatable bonds is 4. The maximum atomic E-state index is 14.1. The molecule has 1 aromatic carbocycles. The Hall–Kier alpha value is -0.780. The maximum Gasteiger partial charge on any atom is 0.166 e. The van der Waals surface area contributed by atoms with Gasteiger partial charge in [0.25, 0.3) is 0 Å². The van der Waals surface area contributed by atoms with Crippen LogP contribution in [0.25, 0.3) is 0 Å². The molecule has 0 bridgehead atoms. The average molecular weight is 321 g/mol. The maximum absolute atomic E-state index is 14.1. The molecular formula is C15H20ClF3N2. The summed E-state index contributed by atoms with van der Waals surface area (Å²) >= 11 is 0. The van der Waals surface area contributed by atoms with Crippen LogP contribution >= 0.6 is 12.4 Å². The zero-order chi connectivity index (χ0) is 14.1. The van der Waals surface area contributed by atoms with Crippen LogP contribution in [-0.4, -0.2) is 31.1 Å². The van der Waals surface area contributed by atoms with Crippen molar-refractivity contribution in [1.82, 2.24) is 10.2 Å². The Bertz CT molecular complexity index is 488. The predicted octanol–water partition coefficient (Wildman–Crippen LogP) is 3.27. The first kappa shape index (κ1) is 16.6. The van der Waals surface area contributed by atoms with Crippen molar-refractivity contribution in [3.05, 3.63) is 35.1 Å². The largest absolute Gasteiger partial charge is 0.314 e. The molecule has 1 saturated heterocycles. The number of halogens is 4. The zero-order valence-corrected chi connectivity index (χ0v) is 12.6. The highest BCUT2D eigenvalue weighted by Crippen LogP contribution is 2.41. The van der Waals surface area contributed by atoms with Gasteiger partial charge in [-0.25, -0.2) is 13.2 Å². The fourth-order valence-electron chi connectivity index (χ4n) is 2.96. The van der Waals surface area contributed by atoms with E-state index in [1.807, 2.05) is 0 Å². The lowest BCUT2D eigenvalue weighted by Crippen LogP contribution is -2.45. The van der Waals surface area contributed by atoms with E-state index in [9.17, 15) is 13.2 Å². The van der Waals surface area contributed by atoms with Crippen LogP contribution < -0.4 is 5.32 Å². The van der Waals surface area contributed by atoms with E-state index in [1.54, 1.807) is 0 Å². The standard InChI is InChI=1S/C15H19F3N2.ClH/c16-11-3-4-12(17)15(18)14(11)13(9-10-1-2-10)20-7-5-19-6-8-20;/h3-4,10,13,19H,1-2,5-9H2;1H/t13-;/m0./s1. The Morgan fingerprint density at radius 3 is 2.33 bits per heavy atom. The van der Waals surface area contributed by atoms with Gasteiger partial charge in [-0.15, -0.1) is 12.4 Å². The van der Waals surface area contributed by atoms with Crippen molar-refractivity contribution in [2.75, 3.05) is 26.2 Å². The molecular weight excluding hydrogens is 301 g/mol. The number of hydrogen-bond acceptors (Lipinski definition) is 2. The zero-order valence-electron chi connectivity index (χ0n) is 11.7. The van der Waals surface area contributed by atoms with Gasteiger partial charge in [-0.1, -0.05) is 12.8 Å².